The van der Waals surface area contributed by atoms with E-state index in [-0.39, 0.29) is 42.1 Å². The number of nitrogens with two attached hydrogens (primary N) is 1. The third kappa shape index (κ3) is 8.47. The summed E-state index contributed by atoms with van der Waals surface area (Å²) >= 11 is 6.11. The lowest BCUT2D eigenvalue weighted by atomic mass is 10.0. The molecule has 1 aromatic heterocycles. The van der Waals surface area contributed by atoms with Gasteiger partial charge < -0.3 is 30.4 Å². The molecule has 0 saturated carbocycles. The lowest BCUT2D eigenvalue weighted by molar-refractivity contribution is -0.137. The third-order valence-corrected chi connectivity index (χ3v) is 6.93. The van der Waals surface area contributed by atoms with Crippen LogP contribution in [0.15, 0.2) is 60.7 Å². The molecule has 11 nitrogen and oxygen atoms in total. The number of fused-ring (bicyclic) bond motifs is 1. The Kier molecular flexibility index (Phi) is 11.8. The minimum atomic E-state index is -4.90. The third-order valence-electron chi connectivity index (χ3n) is 6.61. The highest BCUT2D eigenvalue weighted by Crippen LogP contribution is 2.37. The average molecular weight is 663 g/mol. The van der Waals surface area contributed by atoms with E-state index in [1.165, 1.54) is 42.5 Å². The van der Waals surface area contributed by atoms with Crippen molar-refractivity contribution in [2.75, 3.05) is 52.7 Å². The van der Waals surface area contributed by atoms with Gasteiger partial charge in [-0.3, -0.25) is 9.59 Å². The summed E-state index contributed by atoms with van der Waals surface area (Å²) in [5, 5.41) is 16.2. The summed E-state index contributed by atoms with van der Waals surface area (Å²) in [6.45, 7) is 2.64. The Bertz CT molecular complexity index is 1690. The van der Waals surface area contributed by atoms with Crippen molar-refractivity contribution in [3.8, 4) is 11.3 Å². The number of hydrogen-bond donors (Lipinski definition) is 3. The van der Waals surface area contributed by atoms with Crippen molar-refractivity contribution in [1.29, 1.82) is 0 Å². The molecule has 0 saturated heterocycles. The lowest BCUT2D eigenvalue weighted by Gasteiger charge is -2.13. The number of amides is 1. The fraction of sp³-hybridized carbons (Fsp3) is 0.290. The number of aromatic carboxylic acids is 1. The van der Waals surface area contributed by atoms with E-state index in [1.807, 2.05) is 0 Å². The molecule has 0 unspecified atom stereocenters. The number of ether oxygens (including phenoxy) is 3. The molecule has 4 N–H and O–H groups in total. The first-order chi connectivity index (χ1) is 22.0. The maximum atomic E-state index is 13.9. The SMILES string of the molecule is NCCOCCOCCOCCNC(=O)c1ccc2c(-c3ccc(C(=O)O)cc3)nn(C(=O)c3c(Cl)cccc3C(F)(F)F)c2c1. The standard InChI is InChI=1S/C31H30ClF3N4O7/c32-24-3-1-2-23(31(33,34)35)26(24)29(41)39-25-18-21(28(40)37-11-13-45-15-17-46-16-14-44-12-10-36)8-9-22(25)27(38-39)19-4-6-20(7-5-19)30(42)43/h1-9,18H,10-17,36H2,(H,37,40)(H,42,43). The van der Waals surface area contributed by atoms with Crippen molar-refractivity contribution in [3.63, 3.8) is 0 Å². The van der Waals surface area contributed by atoms with Crippen molar-refractivity contribution in [2.45, 2.75) is 6.18 Å². The van der Waals surface area contributed by atoms with E-state index < -0.39 is 40.1 Å². The summed E-state index contributed by atoms with van der Waals surface area (Å²) < 4.78 is 58.4. The maximum absolute atomic E-state index is 13.9. The lowest BCUT2D eigenvalue weighted by Crippen LogP contribution is -2.27. The van der Waals surface area contributed by atoms with E-state index in [1.54, 1.807) is 0 Å². The molecular weight excluding hydrogens is 633 g/mol. The van der Waals surface area contributed by atoms with Crippen LogP contribution in [-0.2, 0) is 20.4 Å². The topological polar surface area (TPSA) is 155 Å². The monoisotopic (exact) mass is 662 g/mol. The first-order valence-electron chi connectivity index (χ1n) is 14.0. The smallest absolute Gasteiger partial charge is 0.417 e. The van der Waals surface area contributed by atoms with E-state index in [0.717, 1.165) is 22.9 Å². The normalized spacial score (nSPS) is 11.6. The number of nitrogens with zero attached hydrogens (tertiary/aromatic N) is 2. The first-order valence-corrected chi connectivity index (χ1v) is 14.4. The summed E-state index contributed by atoms with van der Waals surface area (Å²) in [6.07, 6.45) is -4.90. The first kappa shape index (κ1) is 34.5. The second kappa shape index (κ2) is 15.8. The molecule has 0 atom stereocenters. The molecule has 0 bridgehead atoms. The highest BCUT2D eigenvalue weighted by Gasteiger charge is 2.37. The summed E-state index contributed by atoms with van der Waals surface area (Å²) in [7, 11) is 0. The Labute approximate surface area is 266 Å². The molecule has 0 aliphatic carbocycles. The fourth-order valence-corrected chi connectivity index (χ4v) is 4.70. The highest BCUT2D eigenvalue weighted by molar-refractivity contribution is 6.34. The van der Waals surface area contributed by atoms with Crippen LogP contribution >= 0.6 is 11.6 Å². The van der Waals surface area contributed by atoms with Gasteiger partial charge >= 0.3 is 12.1 Å². The van der Waals surface area contributed by atoms with Crippen LogP contribution in [0.3, 0.4) is 0 Å². The van der Waals surface area contributed by atoms with Crippen LogP contribution in [0.5, 0.6) is 0 Å². The molecule has 244 valence electrons. The Balaban J connectivity index is 1.57. The molecule has 0 aliphatic heterocycles. The van der Waals surface area contributed by atoms with Gasteiger partial charge in [0.2, 0.25) is 0 Å². The van der Waals surface area contributed by atoms with E-state index in [9.17, 15) is 32.7 Å². The van der Waals surface area contributed by atoms with Crippen LogP contribution in [0.1, 0.15) is 36.6 Å². The second-order valence-electron chi connectivity index (χ2n) is 9.72. The Morgan fingerprint density at radius 2 is 1.52 bits per heavy atom. The van der Waals surface area contributed by atoms with Crippen LogP contribution in [0.25, 0.3) is 22.2 Å². The predicted molar refractivity (Wildman–Crippen MR) is 162 cm³/mol. The zero-order valence-electron chi connectivity index (χ0n) is 24.3. The van der Waals surface area contributed by atoms with Gasteiger partial charge in [0.1, 0.15) is 5.69 Å². The van der Waals surface area contributed by atoms with Crippen molar-refractivity contribution in [3.05, 3.63) is 87.9 Å². The fourth-order valence-electron chi connectivity index (χ4n) is 4.44. The number of carboxylic acid groups (broad SMARTS) is 1. The summed E-state index contributed by atoms with van der Waals surface area (Å²) in [5.41, 5.74) is 3.97. The van der Waals surface area contributed by atoms with Crippen LogP contribution < -0.4 is 11.1 Å². The molecular formula is C31H30ClF3N4O7. The molecule has 4 aromatic rings. The van der Waals surface area contributed by atoms with Gasteiger partial charge in [0, 0.05) is 29.6 Å². The number of hydrogen-bond acceptors (Lipinski definition) is 8. The van der Waals surface area contributed by atoms with Gasteiger partial charge in [-0.05, 0) is 42.5 Å². The second-order valence-corrected chi connectivity index (χ2v) is 10.1. The van der Waals surface area contributed by atoms with Crippen molar-refractivity contribution < 1.29 is 46.9 Å². The molecule has 46 heavy (non-hydrogen) atoms. The van der Waals surface area contributed by atoms with Gasteiger partial charge in [0.05, 0.1) is 66.9 Å². The molecule has 3 aromatic carbocycles. The van der Waals surface area contributed by atoms with E-state index in [4.69, 9.17) is 31.5 Å². The minimum Gasteiger partial charge on any atom is -0.478 e. The number of benzene rings is 3. The minimum absolute atomic E-state index is 0.00200. The number of aromatic nitrogens is 2. The van der Waals surface area contributed by atoms with Crippen LogP contribution in [0.2, 0.25) is 5.02 Å². The van der Waals surface area contributed by atoms with E-state index >= 15 is 0 Å². The number of nitrogens with one attached hydrogen (secondary N) is 1. The van der Waals surface area contributed by atoms with E-state index in [0.29, 0.717) is 43.9 Å². The number of alkyl halides is 3. The molecule has 0 spiro atoms. The van der Waals surface area contributed by atoms with Crippen LogP contribution in [0.4, 0.5) is 13.2 Å². The summed E-state index contributed by atoms with van der Waals surface area (Å²) in [6, 6.07) is 12.9. The van der Waals surface area contributed by atoms with Gasteiger partial charge in [-0.2, -0.15) is 23.0 Å². The molecule has 0 fully saturated rings. The number of carboxylic acids is 1. The number of halogens is 4. The number of carbonyl (C=O) groups excluding carboxylic acids is 2. The average Bonchev–Trinajstić information content (AvgIpc) is 3.41. The van der Waals surface area contributed by atoms with Crippen molar-refractivity contribution in [1.82, 2.24) is 15.1 Å². The van der Waals surface area contributed by atoms with Crippen LogP contribution in [0, 0.1) is 0 Å². The van der Waals surface area contributed by atoms with Gasteiger partial charge in [-0.15, -0.1) is 0 Å². The highest BCUT2D eigenvalue weighted by atomic mass is 35.5. The summed E-state index contributed by atoms with van der Waals surface area (Å²) in [4.78, 5) is 38.0. The number of rotatable bonds is 15. The van der Waals surface area contributed by atoms with Crippen LogP contribution in [-0.4, -0.2) is 85.4 Å². The van der Waals surface area contributed by atoms with Gasteiger partial charge in [-0.1, -0.05) is 29.8 Å². The molecule has 1 amide bonds. The maximum Gasteiger partial charge on any atom is 0.417 e. The van der Waals surface area contributed by atoms with Gasteiger partial charge in [-0.25, -0.2) is 4.79 Å². The molecule has 1 heterocycles. The predicted octanol–water partition coefficient (Wildman–Crippen LogP) is 4.50. The molecule has 4 rings (SSSR count). The van der Waals surface area contributed by atoms with Crippen molar-refractivity contribution in [2.24, 2.45) is 5.73 Å². The van der Waals surface area contributed by atoms with E-state index in [2.05, 4.69) is 10.4 Å². The summed E-state index contributed by atoms with van der Waals surface area (Å²) in [5.74, 6) is -2.86. The zero-order valence-corrected chi connectivity index (χ0v) is 25.1. The van der Waals surface area contributed by atoms with Gasteiger partial charge in [0.25, 0.3) is 11.8 Å². The molecule has 0 radical (unpaired) electrons. The molecule has 0 aliphatic rings. The van der Waals surface area contributed by atoms with Gasteiger partial charge in [0.15, 0.2) is 0 Å². The Morgan fingerprint density at radius 1 is 0.891 bits per heavy atom. The number of carbonyl (C=O) groups is 3. The van der Waals surface area contributed by atoms with Crippen molar-refractivity contribution >= 4 is 40.3 Å². The Morgan fingerprint density at radius 3 is 2.15 bits per heavy atom. The zero-order chi connectivity index (χ0) is 33.3. The Hall–Kier alpha value is -4.34. The largest absolute Gasteiger partial charge is 0.478 e. The molecule has 15 heteroatoms. The quantitative estimate of drug-likeness (QED) is 0.156.